The van der Waals surface area contributed by atoms with Crippen LogP contribution in [0.25, 0.3) is 6.08 Å². The summed E-state index contributed by atoms with van der Waals surface area (Å²) < 4.78 is 17.7. The van der Waals surface area contributed by atoms with Crippen LogP contribution in [-0.2, 0) is 19.1 Å². The van der Waals surface area contributed by atoms with Gasteiger partial charge in [-0.3, -0.25) is 9.36 Å². The maximum Gasteiger partial charge on any atom is 0.344 e. The van der Waals surface area contributed by atoms with E-state index >= 15 is 0 Å². The van der Waals surface area contributed by atoms with E-state index in [0.717, 1.165) is 22.5 Å². The fourth-order valence-electron chi connectivity index (χ4n) is 4.17. The number of fused-ring (bicyclic) bond motifs is 1. The van der Waals surface area contributed by atoms with E-state index in [1.807, 2.05) is 31.2 Å². The van der Waals surface area contributed by atoms with Gasteiger partial charge in [-0.15, -0.1) is 0 Å². The molecule has 0 radical (unpaired) electrons. The summed E-state index contributed by atoms with van der Waals surface area (Å²) in [4.78, 5) is 43.8. The highest BCUT2D eigenvalue weighted by Crippen LogP contribution is 2.34. The largest absolute Gasteiger partial charge is 0.480 e. The van der Waals surface area contributed by atoms with Gasteiger partial charge in [0.1, 0.15) is 5.75 Å². The normalized spacial score (nSPS) is 15.0. The lowest BCUT2D eigenvalue weighted by Gasteiger charge is -2.24. The molecule has 0 spiro atoms. The first kappa shape index (κ1) is 28.6. The van der Waals surface area contributed by atoms with E-state index in [2.05, 4.69) is 4.99 Å². The zero-order chi connectivity index (χ0) is 28.3. The minimum absolute atomic E-state index is 0.170. The molecule has 1 aliphatic rings. The number of ether oxygens (including phenoxy) is 3. The first-order chi connectivity index (χ1) is 18.6. The highest BCUT2D eigenvalue weighted by molar-refractivity contribution is 7.07. The van der Waals surface area contributed by atoms with E-state index in [-0.39, 0.29) is 36.2 Å². The molecule has 1 aromatic heterocycles. The van der Waals surface area contributed by atoms with Crippen molar-refractivity contribution in [3.05, 3.63) is 94.1 Å². The number of aryl methyl sites for hydroxylation is 1. The summed E-state index contributed by atoms with van der Waals surface area (Å²) in [6.07, 6.45) is 1.58. The van der Waals surface area contributed by atoms with Gasteiger partial charge in [0, 0.05) is 10.6 Å². The summed E-state index contributed by atoms with van der Waals surface area (Å²) in [6, 6.07) is 9.94. The zero-order valence-corrected chi connectivity index (χ0v) is 24.1. The number of halogens is 2. The maximum absolute atomic E-state index is 13.9. The Labute approximate surface area is 238 Å². The molecule has 0 N–H and O–H groups in total. The molecule has 0 amide bonds. The van der Waals surface area contributed by atoms with Crippen molar-refractivity contribution in [3.8, 4) is 5.75 Å². The van der Waals surface area contributed by atoms with Crippen LogP contribution in [0.15, 0.2) is 57.5 Å². The number of nitrogens with zero attached hydrogens (tertiary/aromatic N) is 2. The number of rotatable bonds is 8. The summed E-state index contributed by atoms with van der Waals surface area (Å²) in [7, 11) is 0. The zero-order valence-electron chi connectivity index (χ0n) is 21.7. The summed E-state index contributed by atoms with van der Waals surface area (Å²) in [5.74, 6) is -0.915. The number of allylic oxidation sites excluding steroid dienone is 1. The van der Waals surface area contributed by atoms with Crippen LogP contribution in [0, 0.1) is 6.92 Å². The van der Waals surface area contributed by atoms with Crippen LogP contribution in [0.1, 0.15) is 43.5 Å². The lowest BCUT2D eigenvalue weighted by atomic mass is 9.95. The Morgan fingerprint density at radius 1 is 1.08 bits per heavy atom. The Hall–Kier alpha value is -3.40. The summed E-state index contributed by atoms with van der Waals surface area (Å²) >= 11 is 13.8. The second-order valence-electron chi connectivity index (χ2n) is 8.61. The molecule has 1 aliphatic heterocycles. The first-order valence-electron chi connectivity index (χ1n) is 12.2. The highest BCUT2D eigenvalue weighted by Gasteiger charge is 2.33. The number of carbonyl (C=O) groups is 2. The third kappa shape index (κ3) is 6.11. The van der Waals surface area contributed by atoms with Gasteiger partial charge < -0.3 is 14.2 Å². The van der Waals surface area contributed by atoms with E-state index in [4.69, 9.17) is 37.4 Å². The number of thiazole rings is 1. The van der Waals surface area contributed by atoms with Crippen LogP contribution in [0.5, 0.6) is 5.75 Å². The fourth-order valence-corrected chi connectivity index (χ4v) is 5.77. The molecule has 0 aliphatic carbocycles. The van der Waals surface area contributed by atoms with Crippen molar-refractivity contribution in [3.63, 3.8) is 0 Å². The second-order valence-corrected chi connectivity index (χ2v) is 10.5. The SMILES string of the molecule is CCOC(=O)COc1c(Cl)cc(Cl)cc1/C=c1\sc2n(c1=O)[C@@H](c1ccc(C)cc1)C(C(=O)OCC)=C(C)N=2. The minimum atomic E-state index is -0.731. The molecule has 39 heavy (non-hydrogen) atoms. The van der Waals surface area contributed by atoms with Crippen LogP contribution in [0.4, 0.5) is 0 Å². The molecule has 11 heteroatoms. The maximum atomic E-state index is 13.9. The van der Waals surface area contributed by atoms with Crippen LogP contribution in [0.2, 0.25) is 10.0 Å². The van der Waals surface area contributed by atoms with Gasteiger partial charge in [-0.25, -0.2) is 14.6 Å². The Morgan fingerprint density at radius 2 is 1.77 bits per heavy atom. The van der Waals surface area contributed by atoms with E-state index in [1.165, 1.54) is 10.6 Å². The molecule has 0 unspecified atom stereocenters. The molecule has 0 fully saturated rings. The molecule has 204 valence electrons. The Morgan fingerprint density at radius 3 is 2.44 bits per heavy atom. The first-order valence-corrected chi connectivity index (χ1v) is 13.8. The smallest absolute Gasteiger partial charge is 0.344 e. The number of esters is 2. The number of carbonyl (C=O) groups excluding carboxylic acids is 2. The predicted molar refractivity (Wildman–Crippen MR) is 150 cm³/mol. The van der Waals surface area contributed by atoms with Crippen molar-refractivity contribution >= 4 is 52.6 Å². The Bertz CT molecular complexity index is 1640. The van der Waals surface area contributed by atoms with E-state index < -0.39 is 18.0 Å². The molecule has 1 atom stereocenters. The molecule has 8 nitrogen and oxygen atoms in total. The van der Waals surface area contributed by atoms with Crippen molar-refractivity contribution in [2.75, 3.05) is 19.8 Å². The van der Waals surface area contributed by atoms with Gasteiger partial charge in [0.05, 0.1) is 40.1 Å². The van der Waals surface area contributed by atoms with Crippen molar-refractivity contribution < 1.29 is 23.8 Å². The van der Waals surface area contributed by atoms with Crippen LogP contribution in [0.3, 0.4) is 0 Å². The molecule has 0 saturated heterocycles. The Kier molecular flexibility index (Phi) is 8.94. The molecular weight excluding hydrogens is 563 g/mol. The average Bonchev–Trinajstić information content (AvgIpc) is 3.17. The molecule has 2 aromatic carbocycles. The van der Waals surface area contributed by atoms with Crippen LogP contribution in [-0.4, -0.2) is 36.3 Å². The third-order valence-electron chi connectivity index (χ3n) is 5.87. The monoisotopic (exact) mass is 588 g/mol. The summed E-state index contributed by atoms with van der Waals surface area (Å²) in [5, 5.41) is 0.490. The van der Waals surface area contributed by atoms with Gasteiger partial charge in [-0.1, -0.05) is 64.4 Å². The van der Waals surface area contributed by atoms with Crippen molar-refractivity contribution in [2.45, 2.75) is 33.7 Å². The molecule has 4 rings (SSSR count). The second kappa shape index (κ2) is 12.2. The molecular formula is C28H26Cl2N2O6S. The van der Waals surface area contributed by atoms with Crippen LogP contribution < -0.4 is 19.6 Å². The quantitative estimate of drug-likeness (QED) is 0.363. The van der Waals surface area contributed by atoms with Gasteiger partial charge >= 0.3 is 11.9 Å². The van der Waals surface area contributed by atoms with Gasteiger partial charge in [-0.2, -0.15) is 0 Å². The lowest BCUT2D eigenvalue weighted by molar-refractivity contribution is -0.145. The number of hydrogen-bond acceptors (Lipinski definition) is 8. The standard InChI is InChI=1S/C28H26Cl2N2O6S/c1-5-36-22(33)14-38-25-18(11-19(29)13-20(25)30)12-21-26(34)32-24(17-9-7-15(3)8-10-17)23(27(35)37-6-2)16(4)31-28(32)39-21/h7-13,24H,5-6,14H2,1-4H3/b21-12-/t24-/m0/s1. The fraction of sp³-hybridized carbons (Fsp3) is 0.286. The van der Waals surface area contributed by atoms with Gasteiger partial charge in [0.15, 0.2) is 11.4 Å². The van der Waals surface area contributed by atoms with E-state index in [1.54, 1.807) is 32.9 Å². The predicted octanol–water partition coefficient (Wildman–Crippen LogP) is 4.36. The van der Waals surface area contributed by atoms with Crippen LogP contribution >= 0.6 is 34.5 Å². The molecule has 0 saturated carbocycles. The van der Waals surface area contributed by atoms with Gasteiger partial charge in [-0.05, 0) is 51.5 Å². The molecule has 2 heterocycles. The van der Waals surface area contributed by atoms with Crippen molar-refractivity contribution in [1.29, 1.82) is 0 Å². The van der Waals surface area contributed by atoms with Gasteiger partial charge in [0.25, 0.3) is 5.56 Å². The summed E-state index contributed by atoms with van der Waals surface area (Å²) in [6.45, 7) is 7.12. The molecule has 3 aromatic rings. The minimum Gasteiger partial charge on any atom is -0.480 e. The summed E-state index contributed by atoms with van der Waals surface area (Å²) in [5.41, 5.74) is 2.58. The van der Waals surface area contributed by atoms with Crippen molar-refractivity contribution in [2.24, 2.45) is 4.99 Å². The average molecular weight is 589 g/mol. The Balaban J connectivity index is 1.89. The van der Waals surface area contributed by atoms with E-state index in [9.17, 15) is 14.4 Å². The lowest BCUT2D eigenvalue weighted by Crippen LogP contribution is -2.39. The third-order valence-corrected chi connectivity index (χ3v) is 7.36. The highest BCUT2D eigenvalue weighted by atomic mass is 35.5. The number of benzene rings is 2. The van der Waals surface area contributed by atoms with E-state index in [0.29, 0.717) is 31.2 Å². The van der Waals surface area contributed by atoms with Crippen molar-refractivity contribution in [1.82, 2.24) is 4.57 Å². The molecule has 0 bridgehead atoms. The topological polar surface area (TPSA) is 96.2 Å². The number of aromatic nitrogens is 1. The number of hydrogen-bond donors (Lipinski definition) is 0. The van der Waals surface area contributed by atoms with Gasteiger partial charge in [0.2, 0.25) is 0 Å².